The second-order valence-electron chi connectivity index (χ2n) is 7.46. The number of anilines is 2. The minimum atomic E-state index is -0.646. The van der Waals surface area contributed by atoms with Gasteiger partial charge in [-0.25, -0.2) is 19.1 Å². The number of carbonyl (C=O) groups is 1. The summed E-state index contributed by atoms with van der Waals surface area (Å²) in [5, 5.41) is 3.61. The summed E-state index contributed by atoms with van der Waals surface area (Å²) in [6.45, 7) is 2.09. The monoisotopic (exact) mass is 492 g/mol. The molecule has 4 aromatic rings. The Hall–Kier alpha value is -4.44. The number of benzene rings is 2. The first-order valence-corrected chi connectivity index (χ1v) is 11.0. The molecule has 2 heterocycles. The Bertz CT molecular complexity index is 1480. The summed E-state index contributed by atoms with van der Waals surface area (Å²) in [6.07, 6.45) is 1.43. The quantitative estimate of drug-likeness (QED) is 0.385. The largest absolute Gasteiger partial charge is 0.439 e. The van der Waals surface area contributed by atoms with E-state index < -0.39 is 17.3 Å². The molecule has 0 aliphatic heterocycles. The van der Waals surface area contributed by atoms with Crippen LogP contribution in [0.4, 0.5) is 11.6 Å². The number of aromatic nitrogens is 4. The molecular weight excluding hydrogens is 472 g/mol. The molecule has 10 nitrogen and oxygen atoms in total. The molecule has 0 fully saturated rings. The summed E-state index contributed by atoms with van der Waals surface area (Å²) in [4.78, 5) is 44.9. The molecule has 0 saturated heterocycles. The zero-order chi connectivity index (χ0) is 24.9. The maximum absolute atomic E-state index is 13.0. The number of primary amides is 1. The van der Waals surface area contributed by atoms with Crippen molar-refractivity contribution in [2.24, 2.45) is 5.73 Å². The van der Waals surface area contributed by atoms with Gasteiger partial charge in [-0.1, -0.05) is 23.7 Å². The van der Waals surface area contributed by atoms with Crippen LogP contribution in [0.5, 0.6) is 11.6 Å². The van der Waals surface area contributed by atoms with Gasteiger partial charge in [0.15, 0.2) is 0 Å². The van der Waals surface area contributed by atoms with Crippen molar-refractivity contribution in [1.82, 2.24) is 19.1 Å². The summed E-state index contributed by atoms with van der Waals surface area (Å²) in [7, 11) is 0. The molecule has 0 radical (unpaired) electrons. The Labute approximate surface area is 204 Å². The zero-order valence-electron chi connectivity index (χ0n) is 18.6. The normalized spacial score (nSPS) is 10.7. The van der Waals surface area contributed by atoms with Crippen LogP contribution in [0.3, 0.4) is 0 Å². The Kier molecular flexibility index (Phi) is 6.93. The van der Waals surface area contributed by atoms with Crippen molar-refractivity contribution in [1.29, 1.82) is 0 Å². The van der Waals surface area contributed by atoms with Crippen molar-refractivity contribution in [2.75, 3.05) is 5.32 Å². The third-order valence-electron chi connectivity index (χ3n) is 5.07. The van der Waals surface area contributed by atoms with Crippen LogP contribution < -0.4 is 27.2 Å². The van der Waals surface area contributed by atoms with E-state index in [1.165, 1.54) is 22.9 Å². The number of amides is 1. The molecule has 0 unspecified atom stereocenters. The van der Waals surface area contributed by atoms with Crippen molar-refractivity contribution in [3.8, 4) is 11.6 Å². The SMILES string of the molecule is CCn1c(=O)nc(Nc2ccc(Oc3cc(C(N)=O)ccn3)cc2)n(Cc2ccc(Cl)cc2)c1=O. The Morgan fingerprint density at radius 1 is 1.06 bits per heavy atom. The maximum atomic E-state index is 13.0. The highest BCUT2D eigenvalue weighted by Gasteiger charge is 2.13. The van der Waals surface area contributed by atoms with Gasteiger partial charge in [-0.05, 0) is 55.0 Å². The van der Waals surface area contributed by atoms with E-state index in [4.69, 9.17) is 22.1 Å². The maximum Gasteiger partial charge on any atom is 0.354 e. The molecule has 0 atom stereocenters. The van der Waals surface area contributed by atoms with Crippen LogP contribution >= 0.6 is 11.6 Å². The fraction of sp³-hybridized carbons (Fsp3) is 0.125. The Morgan fingerprint density at radius 2 is 1.77 bits per heavy atom. The lowest BCUT2D eigenvalue weighted by Crippen LogP contribution is -2.42. The summed E-state index contributed by atoms with van der Waals surface area (Å²) >= 11 is 5.96. The topological polar surface area (TPSA) is 134 Å². The highest BCUT2D eigenvalue weighted by atomic mass is 35.5. The predicted molar refractivity (Wildman–Crippen MR) is 132 cm³/mol. The molecule has 0 saturated carbocycles. The first kappa shape index (κ1) is 23.7. The fourth-order valence-electron chi connectivity index (χ4n) is 3.28. The molecule has 1 amide bonds. The smallest absolute Gasteiger partial charge is 0.354 e. The number of pyridine rings is 1. The van der Waals surface area contributed by atoms with Gasteiger partial charge >= 0.3 is 11.4 Å². The summed E-state index contributed by atoms with van der Waals surface area (Å²) in [5.41, 5.74) is 5.82. The van der Waals surface area contributed by atoms with Gasteiger partial charge in [0, 0.05) is 35.1 Å². The van der Waals surface area contributed by atoms with E-state index in [0.717, 1.165) is 10.1 Å². The lowest BCUT2D eigenvalue weighted by atomic mass is 10.2. The molecule has 0 spiro atoms. The van der Waals surface area contributed by atoms with Crippen molar-refractivity contribution in [3.63, 3.8) is 0 Å². The van der Waals surface area contributed by atoms with Crippen LogP contribution in [-0.2, 0) is 13.1 Å². The Balaban J connectivity index is 1.60. The fourth-order valence-corrected chi connectivity index (χ4v) is 3.41. The lowest BCUT2D eigenvalue weighted by molar-refractivity contribution is 0.1000. The van der Waals surface area contributed by atoms with E-state index in [9.17, 15) is 14.4 Å². The molecule has 35 heavy (non-hydrogen) atoms. The van der Waals surface area contributed by atoms with E-state index in [2.05, 4.69) is 15.3 Å². The van der Waals surface area contributed by atoms with Gasteiger partial charge in [0.05, 0.1) is 6.54 Å². The summed E-state index contributed by atoms with van der Waals surface area (Å²) < 4.78 is 8.12. The van der Waals surface area contributed by atoms with E-state index in [1.807, 2.05) is 0 Å². The number of hydrogen-bond acceptors (Lipinski definition) is 7. The number of ether oxygens (including phenoxy) is 1. The standard InChI is InChI=1S/C24H21ClN6O4/c1-2-30-23(33)29-22(31(24(30)34)14-15-3-5-17(25)6-4-15)28-18-7-9-19(10-8-18)35-20-13-16(21(26)32)11-12-27-20/h3-13H,2,14H2,1H3,(H2,26,32)(H,28,29,33). The van der Waals surface area contributed by atoms with Crippen LogP contribution in [0.15, 0.2) is 76.4 Å². The number of nitrogens with zero attached hydrogens (tertiary/aromatic N) is 4. The van der Waals surface area contributed by atoms with Gasteiger partial charge in [0.2, 0.25) is 17.7 Å². The Morgan fingerprint density at radius 3 is 2.43 bits per heavy atom. The molecule has 178 valence electrons. The minimum Gasteiger partial charge on any atom is -0.439 e. The molecule has 0 aliphatic carbocycles. The van der Waals surface area contributed by atoms with Gasteiger partial charge < -0.3 is 15.8 Å². The molecule has 2 aromatic carbocycles. The second kappa shape index (κ2) is 10.2. The van der Waals surface area contributed by atoms with E-state index in [0.29, 0.717) is 16.5 Å². The molecule has 2 aromatic heterocycles. The van der Waals surface area contributed by atoms with Crippen LogP contribution in [-0.4, -0.2) is 25.0 Å². The third kappa shape index (κ3) is 5.56. The number of nitrogens with one attached hydrogen (secondary N) is 1. The van der Waals surface area contributed by atoms with Gasteiger partial charge in [-0.15, -0.1) is 0 Å². The highest BCUT2D eigenvalue weighted by Crippen LogP contribution is 2.23. The molecule has 4 rings (SSSR count). The molecule has 3 N–H and O–H groups in total. The van der Waals surface area contributed by atoms with Crippen LogP contribution in [0.25, 0.3) is 0 Å². The minimum absolute atomic E-state index is 0.101. The number of carbonyl (C=O) groups excluding carboxylic acids is 1. The summed E-state index contributed by atoms with van der Waals surface area (Å²) in [6, 6.07) is 16.7. The first-order chi connectivity index (χ1) is 16.8. The second-order valence-corrected chi connectivity index (χ2v) is 7.89. The first-order valence-electron chi connectivity index (χ1n) is 10.6. The molecule has 0 aliphatic rings. The van der Waals surface area contributed by atoms with Gasteiger partial charge in [0.1, 0.15) is 5.75 Å². The third-order valence-corrected chi connectivity index (χ3v) is 5.32. The number of nitrogens with two attached hydrogens (primary N) is 1. The number of rotatable bonds is 8. The van der Waals surface area contributed by atoms with Gasteiger partial charge in [-0.2, -0.15) is 4.98 Å². The zero-order valence-corrected chi connectivity index (χ0v) is 19.4. The lowest BCUT2D eigenvalue weighted by Gasteiger charge is -2.15. The predicted octanol–water partition coefficient (Wildman–Crippen LogP) is 3.16. The van der Waals surface area contributed by atoms with Crippen molar-refractivity contribution in [2.45, 2.75) is 20.0 Å². The van der Waals surface area contributed by atoms with Crippen LogP contribution in [0, 0.1) is 0 Å². The average Bonchev–Trinajstić information content (AvgIpc) is 2.84. The van der Waals surface area contributed by atoms with Crippen molar-refractivity contribution < 1.29 is 9.53 Å². The molecular formula is C24H21ClN6O4. The molecule has 11 heteroatoms. The highest BCUT2D eigenvalue weighted by molar-refractivity contribution is 6.30. The van der Waals surface area contributed by atoms with E-state index in [1.54, 1.807) is 55.5 Å². The van der Waals surface area contributed by atoms with Crippen LogP contribution in [0.1, 0.15) is 22.8 Å². The average molecular weight is 493 g/mol. The van der Waals surface area contributed by atoms with Gasteiger partial charge in [0.25, 0.3) is 0 Å². The van der Waals surface area contributed by atoms with Crippen LogP contribution in [0.2, 0.25) is 5.02 Å². The van der Waals surface area contributed by atoms with Crippen molar-refractivity contribution >= 4 is 29.1 Å². The summed E-state index contributed by atoms with van der Waals surface area (Å²) in [5.74, 6) is 0.185. The number of hydrogen-bond donors (Lipinski definition) is 2. The van der Waals surface area contributed by atoms with E-state index in [-0.39, 0.29) is 30.5 Å². The van der Waals surface area contributed by atoms with E-state index >= 15 is 0 Å². The van der Waals surface area contributed by atoms with Gasteiger partial charge in [-0.3, -0.25) is 9.36 Å². The molecule has 0 bridgehead atoms. The number of halogens is 1. The van der Waals surface area contributed by atoms with Crippen molar-refractivity contribution in [3.05, 3.63) is 104 Å².